The first-order valence-electron chi connectivity index (χ1n) is 11.0. The standard InChI is InChI=1S/C23H31N5O/c1-17-24-21(16-22(25-17)28-14-6-3-7-15-28)26-19-10-12-20(13-11-19)27-23(29)18-8-4-2-5-9-18/h10-13,16,18H,2-9,14-15H2,1H3,(H,27,29)(H,24,25,26). The highest BCUT2D eigenvalue weighted by atomic mass is 16.1. The van der Waals surface area contributed by atoms with Crippen LogP contribution < -0.4 is 15.5 Å². The molecular weight excluding hydrogens is 362 g/mol. The summed E-state index contributed by atoms with van der Waals surface area (Å²) in [6.45, 7) is 4.05. The minimum atomic E-state index is 0.156. The minimum Gasteiger partial charge on any atom is -0.356 e. The Morgan fingerprint density at radius 3 is 2.31 bits per heavy atom. The van der Waals surface area contributed by atoms with Gasteiger partial charge >= 0.3 is 0 Å². The van der Waals surface area contributed by atoms with E-state index in [0.717, 1.165) is 54.8 Å². The molecule has 1 aliphatic heterocycles. The van der Waals surface area contributed by atoms with Crippen LogP contribution in [0.4, 0.5) is 23.0 Å². The molecule has 1 saturated carbocycles. The van der Waals surface area contributed by atoms with Gasteiger partial charge in [0.15, 0.2) is 0 Å². The highest BCUT2D eigenvalue weighted by Gasteiger charge is 2.21. The molecule has 2 heterocycles. The van der Waals surface area contributed by atoms with Gasteiger partial charge in [0, 0.05) is 36.4 Å². The highest BCUT2D eigenvalue weighted by Crippen LogP contribution is 2.26. The van der Waals surface area contributed by atoms with Gasteiger partial charge in [0.25, 0.3) is 0 Å². The quantitative estimate of drug-likeness (QED) is 0.745. The van der Waals surface area contributed by atoms with E-state index in [9.17, 15) is 4.79 Å². The zero-order valence-electron chi connectivity index (χ0n) is 17.3. The second-order valence-electron chi connectivity index (χ2n) is 8.23. The fourth-order valence-electron chi connectivity index (χ4n) is 4.29. The van der Waals surface area contributed by atoms with Crippen molar-refractivity contribution in [2.75, 3.05) is 28.6 Å². The smallest absolute Gasteiger partial charge is 0.227 e. The second kappa shape index (κ2) is 9.25. The summed E-state index contributed by atoms with van der Waals surface area (Å²) >= 11 is 0. The van der Waals surface area contributed by atoms with Crippen LogP contribution >= 0.6 is 0 Å². The van der Waals surface area contributed by atoms with Gasteiger partial charge in [-0.1, -0.05) is 19.3 Å². The van der Waals surface area contributed by atoms with Crippen molar-refractivity contribution in [3.8, 4) is 0 Å². The van der Waals surface area contributed by atoms with E-state index in [-0.39, 0.29) is 11.8 Å². The Kier molecular flexibility index (Phi) is 6.27. The van der Waals surface area contributed by atoms with E-state index in [1.54, 1.807) is 0 Å². The van der Waals surface area contributed by atoms with Gasteiger partial charge in [-0.05, 0) is 63.3 Å². The summed E-state index contributed by atoms with van der Waals surface area (Å²) in [5.41, 5.74) is 1.79. The molecule has 1 aromatic carbocycles. The number of anilines is 4. The average Bonchev–Trinajstić information content (AvgIpc) is 2.76. The number of rotatable bonds is 5. The molecule has 2 fully saturated rings. The van der Waals surface area contributed by atoms with Crippen molar-refractivity contribution in [2.45, 2.75) is 58.3 Å². The molecule has 0 unspecified atom stereocenters. The molecule has 0 atom stereocenters. The predicted molar refractivity (Wildman–Crippen MR) is 118 cm³/mol. The summed E-state index contributed by atoms with van der Waals surface area (Å²) in [5.74, 6) is 2.89. The van der Waals surface area contributed by atoms with Crippen LogP contribution in [0.2, 0.25) is 0 Å². The zero-order valence-corrected chi connectivity index (χ0v) is 17.3. The van der Waals surface area contributed by atoms with Crippen LogP contribution in [0.5, 0.6) is 0 Å². The SMILES string of the molecule is Cc1nc(Nc2ccc(NC(=O)C3CCCCC3)cc2)cc(N2CCCCC2)n1. The maximum atomic E-state index is 12.4. The molecule has 2 aromatic rings. The van der Waals surface area contributed by atoms with Crippen molar-refractivity contribution < 1.29 is 4.79 Å². The lowest BCUT2D eigenvalue weighted by Gasteiger charge is -2.28. The van der Waals surface area contributed by atoms with Gasteiger partial charge in [-0.25, -0.2) is 9.97 Å². The Balaban J connectivity index is 1.39. The molecule has 1 saturated heterocycles. The number of piperidine rings is 1. The number of amides is 1. The summed E-state index contributed by atoms with van der Waals surface area (Å²) in [6, 6.07) is 9.88. The van der Waals surface area contributed by atoms with Gasteiger partial charge in [0.2, 0.25) is 5.91 Å². The maximum absolute atomic E-state index is 12.4. The molecule has 154 valence electrons. The fourth-order valence-corrected chi connectivity index (χ4v) is 4.29. The molecule has 2 aliphatic rings. The van der Waals surface area contributed by atoms with Crippen LogP contribution in [0, 0.1) is 12.8 Å². The van der Waals surface area contributed by atoms with Crippen molar-refractivity contribution in [1.82, 2.24) is 9.97 Å². The monoisotopic (exact) mass is 393 g/mol. The predicted octanol–water partition coefficient (Wildman–Crippen LogP) is 5.04. The molecule has 29 heavy (non-hydrogen) atoms. The summed E-state index contributed by atoms with van der Waals surface area (Å²) in [7, 11) is 0. The van der Waals surface area contributed by atoms with Gasteiger partial charge in [-0.3, -0.25) is 4.79 Å². The van der Waals surface area contributed by atoms with Gasteiger partial charge in [-0.2, -0.15) is 0 Å². The third kappa shape index (κ3) is 5.25. The Morgan fingerprint density at radius 2 is 1.59 bits per heavy atom. The second-order valence-corrected chi connectivity index (χ2v) is 8.23. The molecule has 4 rings (SSSR count). The molecule has 1 amide bonds. The van der Waals surface area contributed by atoms with E-state index in [2.05, 4.69) is 25.5 Å². The topological polar surface area (TPSA) is 70.2 Å². The minimum absolute atomic E-state index is 0.156. The van der Waals surface area contributed by atoms with Crippen LogP contribution in [0.25, 0.3) is 0 Å². The van der Waals surface area contributed by atoms with E-state index < -0.39 is 0 Å². The van der Waals surface area contributed by atoms with E-state index in [4.69, 9.17) is 0 Å². The largest absolute Gasteiger partial charge is 0.356 e. The van der Waals surface area contributed by atoms with Crippen LogP contribution in [0.15, 0.2) is 30.3 Å². The number of hydrogen-bond acceptors (Lipinski definition) is 5. The van der Waals surface area contributed by atoms with Crippen molar-refractivity contribution >= 4 is 28.9 Å². The maximum Gasteiger partial charge on any atom is 0.227 e. The third-order valence-corrected chi connectivity index (χ3v) is 5.91. The number of hydrogen-bond donors (Lipinski definition) is 2. The highest BCUT2D eigenvalue weighted by molar-refractivity contribution is 5.92. The number of carbonyl (C=O) groups excluding carboxylic acids is 1. The summed E-state index contributed by atoms with van der Waals surface area (Å²) in [5, 5.41) is 6.44. The molecule has 6 heteroatoms. The van der Waals surface area contributed by atoms with Gasteiger partial charge in [0.05, 0.1) is 0 Å². The molecule has 0 radical (unpaired) electrons. The number of aryl methyl sites for hydroxylation is 1. The lowest BCUT2D eigenvalue weighted by Crippen LogP contribution is -2.30. The first kappa shape index (κ1) is 19.7. The molecule has 1 aliphatic carbocycles. The Hall–Kier alpha value is -2.63. The number of aromatic nitrogens is 2. The van der Waals surface area contributed by atoms with E-state index >= 15 is 0 Å². The number of nitrogens with one attached hydrogen (secondary N) is 2. The van der Waals surface area contributed by atoms with Crippen LogP contribution in [0.3, 0.4) is 0 Å². The lowest BCUT2D eigenvalue weighted by atomic mass is 9.88. The van der Waals surface area contributed by atoms with Crippen molar-refractivity contribution in [1.29, 1.82) is 0 Å². The Morgan fingerprint density at radius 1 is 0.931 bits per heavy atom. The number of carbonyl (C=O) groups is 1. The Bertz CT molecular complexity index is 824. The van der Waals surface area contributed by atoms with Crippen LogP contribution in [0.1, 0.15) is 57.2 Å². The molecule has 0 spiro atoms. The van der Waals surface area contributed by atoms with Crippen molar-refractivity contribution in [3.05, 3.63) is 36.2 Å². The summed E-state index contributed by atoms with van der Waals surface area (Å²) < 4.78 is 0. The van der Waals surface area contributed by atoms with E-state index in [0.29, 0.717) is 0 Å². The van der Waals surface area contributed by atoms with Crippen LogP contribution in [-0.2, 0) is 4.79 Å². The van der Waals surface area contributed by atoms with E-state index in [1.807, 2.05) is 37.3 Å². The first-order valence-corrected chi connectivity index (χ1v) is 11.0. The van der Waals surface area contributed by atoms with Crippen LogP contribution in [-0.4, -0.2) is 29.0 Å². The number of benzene rings is 1. The third-order valence-electron chi connectivity index (χ3n) is 5.91. The van der Waals surface area contributed by atoms with E-state index in [1.165, 1.54) is 38.5 Å². The Labute approximate surface area is 173 Å². The summed E-state index contributed by atoms with van der Waals surface area (Å²) in [4.78, 5) is 23.9. The molecule has 6 nitrogen and oxygen atoms in total. The van der Waals surface area contributed by atoms with Crippen molar-refractivity contribution in [3.63, 3.8) is 0 Å². The molecule has 0 bridgehead atoms. The fraction of sp³-hybridized carbons (Fsp3) is 0.522. The number of nitrogens with zero attached hydrogens (tertiary/aromatic N) is 3. The summed E-state index contributed by atoms with van der Waals surface area (Å²) in [6.07, 6.45) is 9.36. The lowest BCUT2D eigenvalue weighted by molar-refractivity contribution is -0.120. The zero-order chi connectivity index (χ0) is 20.1. The normalized spacial score (nSPS) is 17.8. The molecular formula is C23H31N5O. The first-order chi connectivity index (χ1) is 14.2. The van der Waals surface area contributed by atoms with Crippen molar-refractivity contribution in [2.24, 2.45) is 5.92 Å². The van der Waals surface area contributed by atoms with Gasteiger partial charge < -0.3 is 15.5 Å². The average molecular weight is 394 g/mol. The van der Waals surface area contributed by atoms with Gasteiger partial charge in [-0.15, -0.1) is 0 Å². The molecule has 2 N–H and O–H groups in total. The van der Waals surface area contributed by atoms with Gasteiger partial charge in [0.1, 0.15) is 17.5 Å². The molecule has 1 aromatic heterocycles.